The summed E-state index contributed by atoms with van der Waals surface area (Å²) >= 11 is 0. The fourth-order valence-corrected chi connectivity index (χ4v) is 4.16. The van der Waals surface area contributed by atoms with E-state index in [-0.39, 0.29) is 12.3 Å². The van der Waals surface area contributed by atoms with E-state index < -0.39 is 16.7 Å². The van der Waals surface area contributed by atoms with Gasteiger partial charge in [0.1, 0.15) is 0 Å². The summed E-state index contributed by atoms with van der Waals surface area (Å²) in [5.74, 6) is 0.526. The van der Waals surface area contributed by atoms with Crippen molar-refractivity contribution in [3.05, 3.63) is 32.7 Å². The number of rotatable bonds is 3. The van der Waals surface area contributed by atoms with Crippen LogP contribution in [0.4, 0.5) is 0 Å². The van der Waals surface area contributed by atoms with E-state index in [1.807, 2.05) is 13.1 Å². The minimum atomic E-state index is -0.630. The molecule has 0 N–H and O–H groups in total. The lowest BCUT2D eigenvalue weighted by Gasteiger charge is -2.17. The third kappa shape index (κ3) is 2.65. The molecule has 0 aliphatic heterocycles. The van der Waals surface area contributed by atoms with Crippen LogP contribution in [0.3, 0.4) is 0 Å². The number of hydrogen-bond acceptors (Lipinski definition) is 4. The lowest BCUT2D eigenvalue weighted by atomic mass is 9.91. The minimum Gasteiger partial charge on any atom is -0.311 e. The van der Waals surface area contributed by atoms with E-state index in [4.69, 9.17) is 0 Å². The number of ketones is 1. The number of hydrogen-bond donors (Lipinski definition) is 0. The van der Waals surface area contributed by atoms with Crippen molar-refractivity contribution in [1.82, 2.24) is 23.1 Å². The Morgan fingerprint density at radius 3 is 2.46 bits per heavy atom. The number of carbonyl (C=O) groups is 1. The number of fused-ring (bicyclic) bond motifs is 3. The highest BCUT2D eigenvalue weighted by molar-refractivity contribution is 5.84. The summed E-state index contributed by atoms with van der Waals surface area (Å²) in [7, 11) is 1.60. The highest BCUT2D eigenvalue weighted by atomic mass is 16.2. The third-order valence-electron chi connectivity index (χ3n) is 5.90. The normalized spacial score (nSPS) is 15.9. The molecule has 8 heteroatoms. The third-order valence-corrected chi connectivity index (χ3v) is 5.90. The molecule has 1 aliphatic rings. The molecule has 0 atom stereocenters. The van der Waals surface area contributed by atoms with E-state index in [0.717, 1.165) is 23.1 Å². The maximum absolute atomic E-state index is 13.2. The van der Waals surface area contributed by atoms with Gasteiger partial charge in [0.05, 0.1) is 6.54 Å². The lowest BCUT2D eigenvalue weighted by Crippen LogP contribution is -2.42. The lowest BCUT2D eigenvalue weighted by molar-refractivity contribution is -0.127. The Hall–Kier alpha value is -2.64. The molecular formula is C20H27N5O3. The molecule has 0 saturated heterocycles. The molecule has 1 aliphatic carbocycles. The summed E-state index contributed by atoms with van der Waals surface area (Å²) in [6.45, 7) is 7.13. The SMILES string of the molecule is Cc1cn2c3c(=O)n(CC(=O)C(C)(C)C)c(=O)n(C)c3nc2n1C1CCCC1. The predicted molar refractivity (Wildman–Crippen MR) is 107 cm³/mol. The quantitative estimate of drug-likeness (QED) is 0.692. The molecule has 4 rings (SSSR count). The summed E-state index contributed by atoms with van der Waals surface area (Å²) in [4.78, 5) is 43.1. The molecule has 28 heavy (non-hydrogen) atoms. The van der Waals surface area contributed by atoms with Crippen molar-refractivity contribution in [3.63, 3.8) is 0 Å². The number of imidazole rings is 2. The van der Waals surface area contributed by atoms with Crippen molar-refractivity contribution in [2.75, 3.05) is 0 Å². The summed E-state index contributed by atoms with van der Waals surface area (Å²) in [6.07, 6.45) is 6.48. The molecule has 3 heterocycles. The average molecular weight is 385 g/mol. The Morgan fingerprint density at radius 1 is 1.21 bits per heavy atom. The molecule has 0 aromatic carbocycles. The summed E-state index contributed by atoms with van der Waals surface area (Å²) in [5, 5.41) is 0. The maximum atomic E-state index is 13.2. The summed E-state index contributed by atoms with van der Waals surface area (Å²) < 4.78 is 6.37. The van der Waals surface area contributed by atoms with Crippen molar-refractivity contribution >= 4 is 22.7 Å². The molecule has 0 spiro atoms. The zero-order valence-corrected chi connectivity index (χ0v) is 17.2. The predicted octanol–water partition coefficient (Wildman–Crippen LogP) is 2.19. The molecule has 3 aromatic rings. The van der Waals surface area contributed by atoms with Crippen molar-refractivity contribution in [1.29, 1.82) is 0 Å². The second-order valence-corrected chi connectivity index (χ2v) is 8.94. The molecule has 0 radical (unpaired) electrons. The van der Waals surface area contributed by atoms with Crippen molar-refractivity contribution < 1.29 is 4.79 Å². The first-order chi connectivity index (χ1) is 13.1. The number of Topliss-reactive ketones (excluding diaryl/α,β-unsaturated/α-hetero) is 1. The molecule has 0 amide bonds. The van der Waals surface area contributed by atoms with Gasteiger partial charge in [-0.1, -0.05) is 33.6 Å². The first-order valence-electron chi connectivity index (χ1n) is 9.84. The van der Waals surface area contributed by atoms with Gasteiger partial charge in [0.25, 0.3) is 5.56 Å². The van der Waals surface area contributed by atoms with Crippen LogP contribution in [0.2, 0.25) is 0 Å². The monoisotopic (exact) mass is 385 g/mol. The van der Waals surface area contributed by atoms with Gasteiger partial charge in [-0.3, -0.25) is 23.1 Å². The van der Waals surface area contributed by atoms with E-state index in [1.54, 1.807) is 32.2 Å². The van der Waals surface area contributed by atoms with Crippen LogP contribution >= 0.6 is 0 Å². The van der Waals surface area contributed by atoms with E-state index in [2.05, 4.69) is 9.55 Å². The van der Waals surface area contributed by atoms with Gasteiger partial charge in [0.2, 0.25) is 5.78 Å². The summed E-state index contributed by atoms with van der Waals surface area (Å²) in [6, 6.07) is 0.371. The highest BCUT2D eigenvalue weighted by Gasteiger charge is 2.27. The number of aromatic nitrogens is 5. The van der Waals surface area contributed by atoms with Crippen LogP contribution in [0, 0.1) is 12.3 Å². The topological polar surface area (TPSA) is 83.3 Å². The van der Waals surface area contributed by atoms with E-state index in [0.29, 0.717) is 23.0 Å². The van der Waals surface area contributed by atoms with Gasteiger partial charge in [0, 0.05) is 30.4 Å². The van der Waals surface area contributed by atoms with Crippen LogP contribution in [0.1, 0.15) is 58.2 Å². The molecule has 0 bridgehead atoms. The number of nitrogens with zero attached hydrogens (tertiary/aromatic N) is 5. The average Bonchev–Trinajstić information content (AvgIpc) is 3.31. The van der Waals surface area contributed by atoms with Gasteiger partial charge in [0.15, 0.2) is 16.9 Å². The Bertz CT molecular complexity index is 1210. The molecular weight excluding hydrogens is 358 g/mol. The van der Waals surface area contributed by atoms with Crippen LogP contribution in [-0.2, 0) is 18.4 Å². The second kappa shape index (κ2) is 6.18. The first-order valence-corrected chi connectivity index (χ1v) is 9.84. The number of aryl methyl sites for hydroxylation is 2. The van der Waals surface area contributed by atoms with Crippen LogP contribution in [0.15, 0.2) is 15.8 Å². The van der Waals surface area contributed by atoms with Crippen LogP contribution in [0.25, 0.3) is 16.9 Å². The fourth-order valence-electron chi connectivity index (χ4n) is 4.16. The molecule has 1 fully saturated rings. The van der Waals surface area contributed by atoms with Gasteiger partial charge in [-0.15, -0.1) is 0 Å². The Balaban J connectivity index is 1.99. The van der Waals surface area contributed by atoms with Gasteiger partial charge < -0.3 is 4.57 Å². The number of carbonyl (C=O) groups excluding carboxylic acids is 1. The van der Waals surface area contributed by atoms with Gasteiger partial charge in [-0.2, -0.15) is 4.98 Å². The van der Waals surface area contributed by atoms with Crippen molar-refractivity contribution in [2.24, 2.45) is 12.5 Å². The fraction of sp³-hybridized carbons (Fsp3) is 0.600. The maximum Gasteiger partial charge on any atom is 0.332 e. The van der Waals surface area contributed by atoms with Gasteiger partial charge >= 0.3 is 5.69 Å². The van der Waals surface area contributed by atoms with Gasteiger partial charge in [-0.05, 0) is 19.8 Å². The Morgan fingerprint density at radius 2 is 1.86 bits per heavy atom. The summed E-state index contributed by atoms with van der Waals surface area (Å²) in [5.41, 5.74) is 0.137. The molecule has 150 valence electrons. The van der Waals surface area contributed by atoms with E-state index in [9.17, 15) is 14.4 Å². The first kappa shape index (κ1) is 18.7. The van der Waals surface area contributed by atoms with Crippen molar-refractivity contribution in [3.8, 4) is 0 Å². The minimum absolute atomic E-state index is 0.161. The zero-order valence-electron chi connectivity index (χ0n) is 17.2. The molecule has 1 saturated carbocycles. The standard InChI is InChI=1S/C20H27N5O3/c1-12-10-23-15-16(21-18(23)25(12)13-8-6-7-9-13)22(5)19(28)24(17(15)27)11-14(26)20(2,3)4/h10,13H,6-9,11H2,1-5H3. The van der Waals surface area contributed by atoms with Crippen molar-refractivity contribution in [2.45, 2.75) is 66.0 Å². The van der Waals surface area contributed by atoms with Crippen LogP contribution in [-0.4, -0.2) is 28.9 Å². The largest absolute Gasteiger partial charge is 0.332 e. The highest BCUT2D eigenvalue weighted by Crippen LogP contribution is 2.33. The zero-order chi connectivity index (χ0) is 20.4. The van der Waals surface area contributed by atoms with Gasteiger partial charge in [-0.25, -0.2) is 4.79 Å². The second-order valence-electron chi connectivity index (χ2n) is 8.94. The smallest absolute Gasteiger partial charge is 0.311 e. The molecule has 0 unspecified atom stereocenters. The molecule has 8 nitrogen and oxygen atoms in total. The van der Waals surface area contributed by atoms with Crippen LogP contribution < -0.4 is 11.2 Å². The Kier molecular flexibility index (Phi) is 4.13. The molecule has 3 aromatic heterocycles. The Labute approximate surface area is 162 Å². The van der Waals surface area contributed by atoms with E-state index in [1.165, 1.54) is 17.4 Å². The van der Waals surface area contributed by atoms with Crippen LogP contribution in [0.5, 0.6) is 0 Å². The van der Waals surface area contributed by atoms with E-state index >= 15 is 0 Å².